The van der Waals surface area contributed by atoms with Gasteiger partial charge in [-0.15, -0.1) is 0 Å². The van der Waals surface area contributed by atoms with Crippen molar-refractivity contribution in [3.8, 4) is 6.07 Å². The summed E-state index contributed by atoms with van der Waals surface area (Å²) in [5, 5.41) is 9.11. The van der Waals surface area contributed by atoms with E-state index in [1.165, 1.54) is 24.8 Å². The quantitative estimate of drug-likeness (QED) is 0.801. The molecule has 4 nitrogen and oxygen atoms in total. The van der Waals surface area contributed by atoms with E-state index in [1.807, 2.05) is 6.07 Å². The van der Waals surface area contributed by atoms with E-state index < -0.39 is 0 Å². The first-order valence-corrected chi connectivity index (χ1v) is 9.57. The Morgan fingerprint density at radius 1 is 1.32 bits per heavy atom. The molecular formula is C21H27N3O. The molecule has 2 atom stereocenters. The van der Waals surface area contributed by atoms with Crippen LogP contribution < -0.4 is 0 Å². The second-order valence-electron chi connectivity index (χ2n) is 8.18. The topological polar surface area (TPSA) is 47.3 Å². The van der Waals surface area contributed by atoms with Gasteiger partial charge in [-0.2, -0.15) is 5.26 Å². The Kier molecular flexibility index (Phi) is 4.29. The van der Waals surface area contributed by atoms with Gasteiger partial charge in [-0.3, -0.25) is 9.69 Å². The van der Waals surface area contributed by atoms with Crippen molar-refractivity contribution >= 4 is 5.91 Å². The number of amides is 1. The molecule has 1 aromatic rings. The Bertz CT molecular complexity index is 670. The maximum Gasteiger partial charge on any atom is 0.219 e. The fourth-order valence-electron chi connectivity index (χ4n) is 4.77. The predicted molar refractivity (Wildman–Crippen MR) is 96.9 cm³/mol. The van der Waals surface area contributed by atoms with Gasteiger partial charge >= 0.3 is 0 Å². The number of hydrogen-bond acceptors (Lipinski definition) is 3. The molecule has 0 aromatic heterocycles. The van der Waals surface area contributed by atoms with E-state index in [0.29, 0.717) is 24.3 Å². The highest BCUT2D eigenvalue weighted by molar-refractivity contribution is 5.74. The largest absolute Gasteiger partial charge is 0.339 e. The van der Waals surface area contributed by atoms with Crippen LogP contribution in [-0.2, 0) is 4.79 Å². The molecule has 1 saturated heterocycles. The van der Waals surface area contributed by atoms with Crippen LogP contribution >= 0.6 is 0 Å². The molecule has 2 saturated carbocycles. The minimum atomic E-state index is 0.165. The molecule has 1 aromatic carbocycles. The van der Waals surface area contributed by atoms with Gasteiger partial charge in [-0.25, -0.2) is 0 Å². The zero-order chi connectivity index (χ0) is 17.4. The minimum Gasteiger partial charge on any atom is -0.339 e. The highest BCUT2D eigenvalue weighted by atomic mass is 16.2. The lowest BCUT2D eigenvalue weighted by atomic mass is 9.71. The highest BCUT2D eigenvalue weighted by Gasteiger charge is 2.49. The van der Waals surface area contributed by atoms with Crippen LogP contribution in [0.3, 0.4) is 0 Å². The fourth-order valence-corrected chi connectivity index (χ4v) is 4.77. The van der Waals surface area contributed by atoms with Crippen LogP contribution in [0.4, 0.5) is 0 Å². The first-order chi connectivity index (χ1) is 12.1. The van der Waals surface area contributed by atoms with E-state index in [2.05, 4.69) is 40.1 Å². The van der Waals surface area contributed by atoms with Crippen molar-refractivity contribution in [2.45, 2.75) is 56.5 Å². The van der Waals surface area contributed by atoms with E-state index in [0.717, 1.165) is 26.1 Å². The van der Waals surface area contributed by atoms with Crippen LogP contribution in [0, 0.1) is 17.2 Å². The van der Waals surface area contributed by atoms with Crippen LogP contribution in [0.5, 0.6) is 0 Å². The van der Waals surface area contributed by atoms with Gasteiger partial charge in [-0.1, -0.05) is 30.3 Å². The molecule has 132 valence electrons. The number of benzene rings is 1. The Balaban J connectivity index is 1.33. The van der Waals surface area contributed by atoms with E-state index in [4.69, 9.17) is 5.26 Å². The Morgan fingerprint density at radius 3 is 2.60 bits per heavy atom. The van der Waals surface area contributed by atoms with Crippen molar-refractivity contribution in [1.82, 2.24) is 9.80 Å². The summed E-state index contributed by atoms with van der Waals surface area (Å²) in [6.45, 7) is 4.69. The third kappa shape index (κ3) is 3.06. The van der Waals surface area contributed by atoms with Gasteiger partial charge in [0.1, 0.15) is 0 Å². The summed E-state index contributed by atoms with van der Waals surface area (Å²) in [6.07, 6.45) is 5.35. The third-order valence-electron chi connectivity index (χ3n) is 6.56. The molecule has 1 aliphatic heterocycles. The summed E-state index contributed by atoms with van der Waals surface area (Å²) in [6, 6.07) is 13.3. The van der Waals surface area contributed by atoms with E-state index in [1.54, 1.807) is 6.92 Å². The van der Waals surface area contributed by atoms with Crippen molar-refractivity contribution < 1.29 is 4.79 Å². The Morgan fingerprint density at radius 2 is 2.04 bits per heavy atom. The number of carbonyl (C=O) groups is 1. The molecule has 0 spiro atoms. The average molecular weight is 337 g/mol. The number of carbonyl (C=O) groups excluding carboxylic acids is 1. The summed E-state index contributed by atoms with van der Waals surface area (Å²) in [7, 11) is 0. The molecule has 3 fully saturated rings. The molecule has 0 N–H and O–H groups in total. The molecule has 1 amide bonds. The van der Waals surface area contributed by atoms with Gasteiger partial charge in [-0.05, 0) is 31.2 Å². The second kappa shape index (κ2) is 6.46. The van der Waals surface area contributed by atoms with E-state index >= 15 is 0 Å². The summed E-state index contributed by atoms with van der Waals surface area (Å²) in [4.78, 5) is 16.8. The van der Waals surface area contributed by atoms with Gasteiger partial charge in [0.15, 0.2) is 0 Å². The van der Waals surface area contributed by atoms with Crippen molar-refractivity contribution in [3.05, 3.63) is 35.9 Å². The molecule has 4 heteroatoms. The normalized spacial score (nSPS) is 27.7. The van der Waals surface area contributed by atoms with E-state index in [-0.39, 0.29) is 11.4 Å². The first kappa shape index (κ1) is 16.6. The van der Waals surface area contributed by atoms with Crippen LogP contribution in [0.1, 0.15) is 50.5 Å². The van der Waals surface area contributed by atoms with Crippen molar-refractivity contribution in [2.24, 2.45) is 5.92 Å². The van der Waals surface area contributed by atoms with Crippen molar-refractivity contribution in [3.63, 3.8) is 0 Å². The Labute approximate surface area is 150 Å². The highest BCUT2D eigenvalue weighted by Crippen LogP contribution is 2.47. The fraction of sp³-hybridized carbons (Fsp3) is 0.619. The molecule has 3 aliphatic rings. The van der Waals surface area contributed by atoms with Gasteiger partial charge in [0.05, 0.1) is 12.5 Å². The zero-order valence-electron chi connectivity index (χ0n) is 15.0. The van der Waals surface area contributed by atoms with Gasteiger partial charge in [0, 0.05) is 50.0 Å². The monoisotopic (exact) mass is 337 g/mol. The van der Waals surface area contributed by atoms with Gasteiger partial charge in [0.25, 0.3) is 0 Å². The van der Waals surface area contributed by atoms with Crippen LogP contribution in [-0.4, -0.2) is 46.9 Å². The smallest absolute Gasteiger partial charge is 0.219 e. The van der Waals surface area contributed by atoms with E-state index in [9.17, 15) is 4.79 Å². The van der Waals surface area contributed by atoms with Crippen molar-refractivity contribution in [2.75, 3.05) is 19.6 Å². The lowest BCUT2D eigenvalue weighted by molar-refractivity contribution is -0.132. The lowest BCUT2D eigenvalue weighted by Gasteiger charge is -2.56. The molecule has 1 heterocycles. The zero-order valence-corrected chi connectivity index (χ0v) is 15.0. The molecule has 2 aliphatic carbocycles. The maximum atomic E-state index is 12.2. The van der Waals surface area contributed by atoms with Gasteiger partial charge < -0.3 is 4.90 Å². The first-order valence-electron chi connectivity index (χ1n) is 9.57. The summed E-state index contributed by atoms with van der Waals surface area (Å²) < 4.78 is 0. The van der Waals surface area contributed by atoms with Crippen LogP contribution in [0.15, 0.2) is 30.3 Å². The summed E-state index contributed by atoms with van der Waals surface area (Å²) in [5.41, 5.74) is 1.52. The molecule has 2 unspecified atom stereocenters. The predicted octanol–water partition coefficient (Wildman–Crippen LogP) is 3.16. The van der Waals surface area contributed by atoms with Gasteiger partial charge in [0.2, 0.25) is 5.91 Å². The second-order valence-corrected chi connectivity index (χ2v) is 8.18. The number of likely N-dealkylation sites (tertiary alicyclic amines) is 1. The number of hydrogen-bond donors (Lipinski definition) is 0. The maximum absolute atomic E-state index is 12.2. The number of rotatable bonds is 6. The summed E-state index contributed by atoms with van der Waals surface area (Å²) >= 11 is 0. The minimum absolute atomic E-state index is 0.165. The standard InChI is InChI=1S/C21H27N3O/c1-16(25)24(20-12-19(20)18-6-3-2-4-7-18)15-17-13-23(14-17)21(10-11-22)8-5-9-21/h2-4,6-7,17,19-20H,5,8-10,12-15H2,1H3. The average Bonchev–Trinajstić information content (AvgIpc) is 3.31. The molecular weight excluding hydrogens is 310 g/mol. The van der Waals surface area contributed by atoms with Crippen LogP contribution in [0.25, 0.3) is 0 Å². The Hall–Kier alpha value is -1.86. The van der Waals surface area contributed by atoms with Crippen LogP contribution in [0.2, 0.25) is 0 Å². The summed E-state index contributed by atoms with van der Waals surface area (Å²) in [5.74, 6) is 1.28. The number of nitrogens with zero attached hydrogens (tertiary/aromatic N) is 3. The molecule has 0 bridgehead atoms. The molecule has 4 rings (SSSR count). The third-order valence-corrected chi connectivity index (χ3v) is 6.56. The molecule has 25 heavy (non-hydrogen) atoms. The molecule has 0 radical (unpaired) electrons. The number of nitriles is 1. The van der Waals surface area contributed by atoms with Crippen molar-refractivity contribution in [1.29, 1.82) is 5.26 Å². The lowest BCUT2D eigenvalue weighted by Crippen LogP contribution is -2.64. The SMILES string of the molecule is CC(=O)N(CC1CN(C2(CC#N)CCC2)C1)C1CC1c1ccccc1.